The Kier molecular flexibility index (Phi) is 5.98. The zero-order valence-corrected chi connectivity index (χ0v) is 16.9. The standard InChI is InChI=1S/C25H26FNO3/c26-20-11-10-18-9-8-17-4-1-2-5-21(17)25(22(18)16-20)19-12-14-27(15-13-19)23(28)6-3-7-24(29)30/h1-2,4-5,8-11,16,19,25H,3,6-7,12-15H2,(H,29,30). The van der Waals surface area contributed by atoms with Gasteiger partial charge in [0.15, 0.2) is 0 Å². The minimum Gasteiger partial charge on any atom is -0.481 e. The fourth-order valence-electron chi connectivity index (χ4n) is 4.80. The molecule has 4 nitrogen and oxygen atoms in total. The first-order valence-electron chi connectivity index (χ1n) is 10.6. The molecule has 1 atom stereocenters. The highest BCUT2D eigenvalue weighted by molar-refractivity contribution is 5.78. The van der Waals surface area contributed by atoms with Crippen molar-refractivity contribution in [1.82, 2.24) is 4.90 Å². The average Bonchev–Trinajstić information content (AvgIpc) is 2.90. The van der Waals surface area contributed by atoms with Crippen LogP contribution in [0.1, 0.15) is 60.3 Å². The van der Waals surface area contributed by atoms with E-state index >= 15 is 0 Å². The third-order valence-corrected chi connectivity index (χ3v) is 6.30. The molecule has 5 heteroatoms. The minimum atomic E-state index is -0.868. The van der Waals surface area contributed by atoms with E-state index in [-0.39, 0.29) is 30.5 Å². The van der Waals surface area contributed by atoms with Gasteiger partial charge in [0.1, 0.15) is 5.82 Å². The molecule has 0 bridgehead atoms. The van der Waals surface area contributed by atoms with E-state index in [1.807, 2.05) is 23.1 Å². The quantitative estimate of drug-likeness (QED) is 0.764. The van der Waals surface area contributed by atoms with Crippen LogP contribution in [0.4, 0.5) is 4.39 Å². The number of hydrogen-bond acceptors (Lipinski definition) is 2. The number of hydrogen-bond donors (Lipinski definition) is 1. The first-order valence-corrected chi connectivity index (χ1v) is 10.6. The van der Waals surface area contributed by atoms with Crippen molar-refractivity contribution in [3.05, 3.63) is 70.5 Å². The Morgan fingerprint density at radius 3 is 2.40 bits per heavy atom. The van der Waals surface area contributed by atoms with Crippen LogP contribution in [0.3, 0.4) is 0 Å². The largest absolute Gasteiger partial charge is 0.481 e. The highest BCUT2D eigenvalue weighted by atomic mass is 19.1. The molecule has 1 unspecified atom stereocenters. The maximum atomic E-state index is 14.2. The summed E-state index contributed by atoms with van der Waals surface area (Å²) in [6, 6.07) is 13.3. The van der Waals surface area contributed by atoms with Gasteiger partial charge in [-0.2, -0.15) is 0 Å². The second-order valence-electron chi connectivity index (χ2n) is 8.18. The second-order valence-corrected chi connectivity index (χ2v) is 8.18. The average molecular weight is 407 g/mol. The van der Waals surface area contributed by atoms with Crippen molar-refractivity contribution >= 4 is 24.0 Å². The summed E-state index contributed by atoms with van der Waals surface area (Å²) in [7, 11) is 0. The molecule has 1 aliphatic carbocycles. The predicted molar refractivity (Wildman–Crippen MR) is 114 cm³/mol. The first kappa shape index (κ1) is 20.3. The van der Waals surface area contributed by atoms with Crippen LogP contribution in [0.5, 0.6) is 0 Å². The third kappa shape index (κ3) is 4.30. The molecular weight excluding hydrogens is 381 g/mol. The summed E-state index contributed by atoms with van der Waals surface area (Å²) < 4.78 is 14.2. The molecule has 0 radical (unpaired) electrons. The molecule has 0 aromatic heterocycles. The van der Waals surface area contributed by atoms with Crippen molar-refractivity contribution in [3.8, 4) is 0 Å². The number of piperidine rings is 1. The number of halogens is 1. The van der Waals surface area contributed by atoms with Crippen molar-refractivity contribution in [2.75, 3.05) is 13.1 Å². The third-order valence-electron chi connectivity index (χ3n) is 6.30. The molecule has 2 aromatic rings. The van der Waals surface area contributed by atoms with Gasteiger partial charge >= 0.3 is 5.97 Å². The lowest BCUT2D eigenvalue weighted by molar-refractivity contribution is -0.137. The number of benzene rings is 2. The van der Waals surface area contributed by atoms with Gasteiger partial charge < -0.3 is 10.0 Å². The molecule has 1 heterocycles. The zero-order chi connectivity index (χ0) is 21.1. The molecule has 30 heavy (non-hydrogen) atoms. The van der Waals surface area contributed by atoms with Gasteiger partial charge in [-0.25, -0.2) is 4.39 Å². The summed E-state index contributed by atoms with van der Waals surface area (Å²) in [5.74, 6) is -0.657. The molecule has 156 valence electrons. The number of fused-ring (bicyclic) bond motifs is 2. The highest BCUT2D eigenvalue weighted by Gasteiger charge is 2.33. The van der Waals surface area contributed by atoms with E-state index in [1.54, 1.807) is 6.07 Å². The Labute approximate surface area is 176 Å². The number of carbonyl (C=O) groups is 2. The van der Waals surface area contributed by atoms with Crippen molar-refractivity contribution < 1.29 is 19.1 Å². The Morgan fingerprint density at radius 2 is 1.67 bits per heavy atom. The smallest absolute Gasteiger partial charge is 0.303 e. The number of nitrogens with zero attached hydrogens (tertiary/aromatic N) is 1. The van der Waals surface area contributed by atoms with E-state index in [1.165, 1.54) is 11.6 Å². The van der Waals surface area contributed by atoms with E-state index in [0.717, 1.165) is 29.5 Å². The van der Waals surface area contributed by atoms with Crippen LogP contribution in [0, 0.1) is 11.7 Å². The summed E-state index contributed by atoms with van der Waals surface area (Å²) in [4.78, 5) is 25.0. The lowest BCUT2D eigenvalue weighted by Gasteiger charge is -2.37. The molecule has 1 N–H and O–H groups in total. The van der Waals surface area contributed by atoms with E-state index in [2.05, 4.69) is 24.3 Å². The van der Waals surface area contributed by atoms with E-state index in [0.29, 0.717) is 25.4 Å². The summed E-state index contributed by atoms with van der Waals surface area (Å²) in [5.41, 5.74) is 4.43. The number of likely N-dealkylation sites (tertiary alicyclic amines) is 1. The molecule has 1 saturated heterocycles. The van der Waals surface area contributed by atoms with Crippen molar-refractivity contribution in [1.29, 1.82) is 0 Å². The number of carboxylic acid groups (broad SMARTS) is 1. The van der Waals surface area contributed by atoms with Gasteiger partial charge in [0.25, 0.3) is 0 Å². The normalized spacial score (nSPS) is 18.4. The van der Waals surface area contributed by atoms with Crippen LogP contribution in [-0.4, -0.2) is 35.0 Å². The summed E-state index contributed by atoms with van der Waals surface area (Å²) in [6.45, 7) is 1.32. The van der Waals surface area contributed by atoms with Crippen LogP contribution in [0.25, 0.3) is 12.2 Å². The van der Waals surface area contributed by atoms with E-state index in [9.17, 15) is 14.0 Å². The molecule has 1 amide bonds. The van der Waals surface area contributed by atoms with Gasteiger partial charge in [0, 0.05) is 31.8 Å². The number of amides is 1. The van der Waals surface area contributed by atoms with Crippen LogP contribution in [0.2, 0.25) is 0 Å². The summed E-state index contributed by atoms with van der Waals surface area (Å²) in [6.07, 6.45) is 6.54. The Hall–Kier alpha value is -2.95. The highest BCUT2D eigenvalue weighted by Crippen LogP contribution is 2.43. The van der Waals surface area contributed by atoms with Gasteiger partial charge in [-0.15, -0.1) is 0 Å². The van der Waals surface area contributed by atoms with Gasteiger partial charge in [-0.05, 0) is 59.6 Å². The SMILES string of the molecule is O=C(O)CCCC(=O)N1CCC(C2c3ccccc3C=Cc3ccc(F)cc32)CC1. The minimum absolute atomic E-state index is 0.0242. The van der Waals surface area contributed by atoms with Crippen molar-refractivity contribution in [2.24, 2.45) is 5.92 Å². The van der Waals surface area contributed by atoms with Crippen LogP contribution < -0.4 is 0 Å². The van der Waals surface area contributed by atoms with Crippen molar-refractivity contribution in [2.45, 2.75) is 38.0 Å². The Balaban J connectivity index is 1.53. The fourth-order valence-corrected chi connectivity index (χ4v) is 4.80. The molecule has 4 rings (SSSR count). The van der Waals surface area contributed by atoms with Gasteiger partial charge in [-0.3, -0.25) is 9.59 Å². The molecule has 0 spiro atoms. The number of aliphatic carboxylic acids is 1. The van der Waals surface area contributed by atoms with Crippen LogP contribution >= 0.6 is 0 Å². The van der Waals surface area contributed by atoms with E-state index in [4.69, 9.17) is 5.11 Å². The van der Waals surface area contributed by atoms with Crippen LogP contribution in [-0.2, 0) is 9.59 Å². The Bertz CT molecular complexity index is 976. The topological polar surface area (TPSA) is 57.6 Å². The van der Waals surface area contributed by atoms with E-state index < -0.39 is 5.97 Å². The maximum Gasteiger partial charge on any atom is 0.303 e. The molecule has 2 aromatic carbocycles. The molecule has 2 aliphatic rings. The predicted octanol–water partition coefficient (Wildman–Crippen LogP) is 4.93. The molecule has 0 saturated carbocycles. The number of carboxylic acids is 1. The molecular formula is C25H26FNO3. The van der Waals surface area contributed by atoms with Gasteiger partial charge in [-0.1, -0.05) is 42.5 Å². The fraction of sp³-hybridized carbons (Fsp3) is 0.360. The Morgan fingerprint density at radius 1 is 0.967 bits per heavy atom. The molecule has 1 fully saturated rings. The number of carbonyl (C=O) groups excluding carboxylic acids is 1. The maximum absolute atomic E-state index is 14.2. The lowest BCUT2D eigenvalue weighted by atomic mass is 9.74. The first-order chi connectivity index (χ1) is 14.5. The zero-order valence-electron chi connectivity index (χ0n) is 16.9. The number of rotatable bonds is 5. The summed E-state index contributed by atoms with van der Waals surface area (Å²) in [5, 5.41) is 8.76. The molecule has 1 aliphatic heterocycles. The lowest BCUT2D eigenvalue weighted by Crippen LogP contribution is -2.40. The monoisotopic (exact) mass is 407 g/mol. The second kappa shape index (κ2) is 8.82. The van der Waals surface area contributed by atoms with Gasteiger partial charge in [0.2, 0.25) is 5.91 Å². The van der Waals surface area contributed by atoms with Crippen LogP contribution in [0.15, 0.2) is 42.5 Å². The summed E-state index contributed by atoms with van der Waals surface area (Å²) >= 11 is 0. The van der Waals surface area contributed by atoms with Gasteiger partial charge in [0.05, 0.1) is 0 Å². The van der Waals surface area contributed by atoms with Crippen molar-refractivity contribution in [3.63, 3.8) is 0 Å².